The van der Waals surface area contributed by atoms with Crippen LogP contribution in [0.3, 0.4) is 0 Å². The number of carbonyl (C=O) groups is 1. The Morgan fingerprint density at radius 2 is 2.05 bits per heavy atom. The first kappa shape index (κ1) is 14.6. The van der Waals surface area contributed by atoms with Crippen LogP contribution in [0.25, 0.3) is 21.5 Å². The van der Waals surface area contributed by atoms with E-state index >= 15 is 0 Å². The van der Waals surface area contributed by atoms with Crippen molar-refractivity contribution >= 4 is 39.1 Å². The fraction of sp³-hybridized carbons (Fsp3) is 0.125. The minimum Gasteiger partial charge on any atom is -0.465 e. The number of halogens is 1. The molecule has 1 heterocycles. The fourth-order valence-electron chi connectivity index (χ4n) is 2.54. The predicted octanol–water partition coefficient (Wildman–Crippen LogP) is 2.45. The molecule has 0 aliphatic rings. The largest absolute Gasteiger partial charge is 0.465 e. The molecule has 0 aliphatic carbocycles. The molecule has 0 spiro atoms. The topological polar surface area (TPSA) is 70.6 Å². The van der Waals surface area contributed by atoms with Gasteiger partial charge in [-0.15, -0.1) is 0 Å². The molecule has 5 nitrogen and oxygen atoms in total. The monoisotopic (exact) mass is 318 g/mol. The Hall–Kier alpha value is -2.37. The SMILES string of the molecule is COC(=O)c1cc2cc[n+](O)cc2c2cc(Cl)c(CO)cc12. The van der Waals surface area contributed by atoms with E-state index in [2.05, 4.69) is 0 Å². The molecule has 6 heteroatoms. The van der Waals surface area contributed by atoms with Crippen LogP contribution >= 0.6 is 11.6 Å². The molecule has 3 rings (SSSR count). The van der Waals surface area contributed by atoms with Crippen LogP contribution in [0.2, 0.25) is 5.02 Å². The van der Waals surface area contributed by atoms with Crippen LogP contribution in [-0.4, -0.2) is 23.4 Å². The van der Waals surface area contributed by atoms with Gasteiger partial charge in [0.25, 0.3) is 0 Å². The van der Waals surface area contributed by atoms with Gasteiger partial charge in [0, 0.05) is 15.8 Å². The van der Waals surface area contributed by atoms with Crippen molar-refractivity contribution in [2.24, 2.45) is 0 Å². The molecule has 2 N–H and O–H groups in total. The van der Waals surface area contributed by atoms with E-state index in [4.69, 9.17) is 16.3 Å². The molecular formula is C16H13ClNO4+. The van der Waals surface area contributed by atoms with Gasteiger partial charge in [-0.2, -0.15) is 0 Å². The summed E-state index contributed by atoms with van der Waals surface area (Å²) in [6, 6.07) is 6.73. The first-order valence-electron chi connectivity index (χ1n) is 6.53. The lowest BCUT2D eigenvalue weighted by molar-refractivity contribution is -0.903. The third kappa shape index (κ3) is 2.24. The molecule has 0 saturated carbocycles. The molecule has 112 valence electrons. The van der Waals surface area contributed by atoms with Crippen molar-refractivity contribution in [2.45, 2.75) is 6.61 Å². The van der Waals surface area contributed by atoms with Crippen LogP contribution in [0.4, 0.5) is 0 Å². The first-order valence-corrected chi connectivity index (χ1v) is 6.91. The highest BCUT2D eigenvalue weighted by Gasteiger charge is 2.17. The standard InChI is InChI=1S/C16H13ClNO4/c1-22-16(20)13-4-9-2-3-18(21)7-14(9)12-6-15(17)10(8-19)5-11(12)13/h2-7,19,21H,8H2,1H3/q+1. The van der Waals surface area contributed by atoms with Crippen molar-refractivity contribution in [1.29, 1.82) is 0 Å². The van der Waals surface area contributed by atoms with E-state index in [9.17, 15) is 15.1 Å². The Kier molecular flexibility index (Phi) is 3.60. The highest BCUT2D eigenvalue weighted by molar-refractivity contribution is 6.33. The van der Waals surface area contributed by atoms with Gasteiger partial charge in [-0.3, -0.25) is 5.21 Å². The highest BCUT2D eigenvalue weighted by atomic mass is 35.5. The molecular weight excluding hydrogens is 306 g/mol. The van der Waals surface area contributed by atoms with Gasteiger partial charge >= 0.3 is 5.97 Å². The van der Waals surface area contributed by atoms with Crippen molar-refractivity contribution in [3.63, 3.8) is 0 Å². The molecule has 0 amide bonds. The van der Waals surface area contributed by atoms with E-state index < -0.39 is 5.97 Å². The third-order valence-corrected chi connectivity index (χ3v) is 3.97. The molecule has 0 radical (unpaired) electrons. The van der Waals surface area contributed by atoms with E-state index in [1.807, 2.05) is 0 Å². The van der Waals surface area contributed by atoms with Crippen LogP contribution in [0.1, 0.15) is 15.9 Å². The lowest BCUT2D eigenvalue weighted by Gasteiger charge is -2.10. The van der Waals surface area contributed by atoms with E-state index in [0.29, 0.717) is 26.9 Å². The van der Waals surface area contributed by atoms with Crippen molar-refractivity contribution in [3.8, 4) is 0 Å². The van der Waals surface area contributed by atoms with Gasteiger partial charge in [-0.05, 0) is 39.9 Å². The molecule has 0 bridgehead atoms. The number of aromatic nitrogens is 1. The number of aliphatic hydroxyl groups is 1. The maximum Gasteiger partial charge on any atom is 0.338 e. The lowest BCUT2D eigenvalue weighted by atomic mass is 9.96. The molecule has 0 aliphatic heterocycles. The molecule has 3 aromatic rings. The van der Waals surface area contributed by atoms with Gasteiger partial charge in [0.2, 0.25) is 12.4 Å². The quantitative estimate of drug-likeness (QED) is 0.329. The van der Waals surface area contributed by atoms with Gasteiger partial charge in [0.05, 0.1) is 24.7 Å². The number of methoxy groups -OCH3 is 1. The summed E-state index contributed by atoms with van der Waals surface area (Å²) in [4.78, 5) is 12.1. The number of hydrogen-bond acceptors (Lipinski definition) is 4. The molecule has 0 fully saturated rings. The Morgan fingerprint density at radius 1 is 1.27 bits per heavy atom. The number of pyridine rings is 1. The van der Waals surface area contributed by atoms with Crippen LogP contribution in [0.5, 0.6) is 0 Å². The second kappa shape index (κ2) is 5.44. The Balaban J connectivity index is 2.51. The summed E-state index contributed by atoms with van der Waals surface area (Å²) in [6.07, 6.45) is 3.01. The number of hydrogen-bond donors (Lipinski definition) is 2. The summed E-state index contributed by atoms with van der Waals surface area (Å²) >= 11 is 6.16. The third-order valence-electron chi connectivity index (χ3n) is 3.62. The van der Waals surface area contributed by atoms with Crippen molar-refractivity contribution in [1.82, 2.24) is 0 Å². The maximum absolute atomic E-state index is 12.1. The molecule has 1 aromatic heterocycles. The van der Waals surface area contributed by atoms with Crippen molar-refractivity contribution in [2.75, 3.05) is 7.11 Å². The summed E-state index contributed by atoms with van der Waals surface area (Å²) in [5.74, 6) is -0.473. The van der Waals surface area contributed by atoms with E-state index in [-0.39, 0.29) is 6.61 Å². The normalized spacial score (nSPS) is 11.0. The number of nitrogens with zero attached hydrogens (tertiary/aromatic N) is 1. The zero-order valence-electron chi connectivity index (χ0n) is 11.7. The van der Waals surface area contributed by atoms with Crippen LogP contribution in [0, 0.1) is 0 Å². The second-order valence-electron chi connectivity index (χ2n) is 4.89. The number of benzene rings is 2. The molecule has 0 atom stereocenters. The Labute approximate surface area is 130 Å². The molecule has 0 unspecified atom stereocenters. The Bertz CT molecular complexity index is 908. The van der Waals surface area contributed by atoms with Crippen LogP contribution in [0.15, 0.2) is 36.7 Å². The number of rotatable bonds is 2. The second-order valence-corrected chi connectivity index (χ2v) is 5.30. The van der Waals surface area contributed by atoms with Gasteiger partial charge in [0.1, 0.15) is 0 Å². The molecule has 22 heavy (non-hydrogen) atoms. The van der Waals surface area contributed by atoms with Gasteiger partial charge in [0.15, 0.2) is 0 Å². The zero-order chi connectivity index (χ0) is 15.9. The van der Waals surface area contributed by atoms with Gasteiger partial charge in [-0.25, -0.2) is 4.79 Å². The average molecular weight is 319 g/mol. The zero-order valence-corrected chi connectivity index (χ0v) is 12.5. The van der Waals surface area contributed by atoms with Gasteiger partial charge < -0.3 is 9.84 Å². The number of esters is 1. The summed E-state index contributed by atoms with van der Waals surface area (Å²) in [7, 11) is 1.31. The predicted molar refractivity (Wildman–Crippen MR) is 81.1 cm³/mol. The number of carbonyl (C=O) groups excluding carboxylic acids is 1. The van der Waals surface area contributed by atoms with Crippen LogP contribution in [-0.2, 0) is 11.3 Å². The minimum absolute atomic E-state index is 0.234. The first-order chi connectivity index (χ1) is 10.5. The van der Waals surface area contributed by atoms with E-state index in [1.165, 1.54) is 19.5 Å². The summed E-state index contributed by atoms with van der Waals surface area (Å²) in [6.45, 7) is -0.234. The number of ether oxygens (including phenoxy) is 1. The average Bonchev–Trinajstić information content (AvgIpc) is 2.53. The van der Waals surface area contributed by atoms with E-state index in [1.54, 1.807) is 24.3 Å². The van der Waals surface area contributed by atoms with Crippen molar-refractivity contribution < 1.29 is 24.6 Å². The lowest BCUT2D eigenvalue weighted by Crippen LogP contribution is -2.28. The number of fused-ring (bicyclic) bond motifs is 3. The summed E-state index contributed by atoms with van der Waals surface area (Å²) in [5, 5.41) is 22.2. The summed E-state index contributed by atoms with van der Waals surface area (Å²) < 4.78 is 5.77. The number of aliphatic hydroxyl groups excluding tert-OH is 1. The van der Waals surface area contributed by atoms with Gasteiger partial charge in [-0.1, -0.05) is 11.6 Å². The molecule has 0 saturated heterocycles. The van der Waals surface area contributed by atoms with E-state index in [0.717, 1.165) is 15.5 Å². The van der Waals surface area contributed by atoms with Crippen LogP contribution < -0.4 is 4.73 Å². The summed E-state index contributed by atoms with van der Waals surface area (Å²) in [5.41, 5.74) is 0.901. The smallest absolute Gasteiger partial charge is 0.338 e. The molecule has 2 aromatic carbocycles. The minimum atomic E-state index is -0.473. The van der Waals surface area contributed by atoms with Crippen molar-refractivity contribution in [3.05, 3.63) is 52.8 Å². The Morgan fingerprint density at radius 3 is 2.73 bits per heavy atom. The highest BCUT2D eigenvalue weighted by Crippen LogP contribution is 2.32. The maximum atomic E-state index is 12.1. The fourth-order valence-corrected chi connectivity index (χ4v) is 2.77.